The Morgan fingerprint density at radius 3 is 2.53 bits per heavy atom. The number of thiazole rings is 1. The van der Waals surface area contributed by atoms with Gasteiger partial charge in [-0.15, -0.1) is 11.3 Å². The van der Waals surface area contributed by atoms with Crippen LogP contribution >= 0.6 is 22.9 Å². The molecule has 4 aromatic carbocycles. The van der Waals surface area contributed by atoms with Crippen LogP contribution in [0.25, 0.3) is 20.8 Å². The number of benzene rings is 4. The van der Waals surface area contributed by atoms with Gasteiger partial charge in [-0.2, -0.15) is 0 Å². The van der Waals surface area contributed by atoms with Crippen molar-refractivity contribution in [2.24, 2.45) is 0 Å². The second-order valence-electron chi connectivity index (χ2n) is 8.09. The first-order chi connectivity index (χ1) is 16.5. The maximum absolute atomic E-state index is 13.1. The van der Waals surface area contributed by atoms with Gasteiger partial charge in [0.15, 0.2) is 0 Å². The summed E-state index contributed by atoms with van der Waals surface area (Å²) in [6.45, 7) is 3.00. The van der Waals surface area contributed by atoms with Crippen LogP contribution in [0.2, 0.25) is 5.02 Å². The summed E-state index contributed by atoms with van der Waals surface area (Å²) in [6.07, 6.45) is 0. The summed E-state index contributed by atoms with van der Waals surface area (Å²) in [6, 6.07) is 26.5. The van der Waals surface area contributed by atoms with Crippen molar-refractivity contribution in [2.45, 2.75) is 20.1 Å². The van der Waals surface area contributed by atoms with Crippen LogP contribution < -0.4 is 10.1 Å². The molecule has 170 valence electrons. The first kappa shape index (κ1) is 22.4. The van der Waals surface area contributed by atoms with Gasteiger partial charge in [-0.1, -0.05) is 29.8 Å². The van der Waals surface area contributed by atoms with E-state index < -0.39 is 0 Å². The van der Waals surface area contributed by atoms with E-state index >= 15 is 0 Å². The van der Waals surface area contributed by atoms with E-state index in [-0.39, 0.29) is 5.82 Å². The minimum atomic E-state index is -0.260. The number of hydrogen-bond acceptors (Lipinski definition) is 4. The van der Waals surface area contributed by atoms with E-state index in [1.165, 1.54) is 22.4 Å². The van der Waals surface area contributed by atoms with Crippen molar-refractivity contribution in [1.82, 2.24) is 4.98 Å². The highest BCUT2D eigenvalue weighted by Gasteiger charge is 2.09. The van der Waals surface area contributed by atoms with Gasteiger partial charge >= 0.3 is 0 Å². The molecule has 1 aromatic heterocycles. The van der Waals surface area contributed by atoms with Crippen molar-refractivity contribution < 1.29 is 9.13 Å². The predicted octanol–water partition coefficient (Wildman–Crippen LogP) is 8.26. The lowest BCUT2D eigenvalue weighted by molar-refractivity contribution is 0.303. The van der Waals surface area contributed by atoms with Gasteiger partial charge in [-0.3, -0.25) is 0 Å². The van der Waals surface area contributed by atoms with Crippen molar-refractivity contribution in [3.8, 4) is 16.3 Å². The summed E-state index contributed by atoms with van der Waals surface area (Å²) in [7, 11) is 0. The van der Waals surface area contributed by atoms with E-state index in [9.17, 15) is 4.39 Å². The summed E-state index contributed by atoms with van der Waals surface area (Å²) in [5.74, 6) is 0.479. The molecule has 0 bridgehead atoms. The Kier molecular flexibility index (Phi) is 6.48. The Morgan fingerprint density at radius 2 is 1.74 bits per heavy atom. The molecular weight excluding hydrogens is 467 g/mol. The summed E-state index contributed by atoms with van der Waals surface area (Å²) in [5.41, 5.74) is 6.20. The molecule has 1 N–H and O–H groups in total. The van der Waals surface area contributed by atoms with E-state index in [0.717, 1.165) is 38.7 Å². The van der Waals surface area contributed by atoms with Gasteiger partial charge in [-0.05, 0) is 84.8 Å². The first-order valence-corrected chi connectivity index (χ1v) is 12.1. The number of nitrogens with zero attached hydrogens (tertiary/aromatic N) is 1. The summed E-state index contributed by atoms with van der Waals surface area (Å²) < 4.78 is 20.3. The Morgan fingerprint density at radius 1 is 0.941 bits per heavy atom. The first-order valence-electron chi connectivity index (χ1n) is 10.9. The molecule has 1 heterocycles. The number of halogens is 2. The molecule has 5 aromatic rings. The molecular formula is C28H22ClFN2OS. The molecule has 0 fully saturated rings. The largest absolute Gasteiger partial charge is 0.489 e. The summed E-state index contributed by atoms with van der Waals surface area (Å²) in [4.78, 5) is 4.76. The predicted molar refractivity (Wildman–Crippen MR) is 139 cm³/mol. The van der Waals surface area contributed by atoms with Crippen LogP contribution in [0.15, 0.2) is 84.9 Å². The molecule has 0 spiro atoms. The molecule has 0 aliphatic carbocycles. The zero-order valence-electron chi connectivity index (χ0n) is 18.5. The van der Waals surface area contributed by atoms with E-state index in [1.54, 1.807) is 29.5 Å². The number of ether oxygens (including phenoxy) is 1. The Hall–Kier alpha value is -3.41. The number of hydrogen-bond donors (Lipinski definition) is 1. The normalized spacial score (nSPS) is 11.0. The van der Waals surface area contributed by atoms with Gasteiger partial charge in [0.2, 0.25) is 0 Å². The van der Waals surface area contributed by atoms with Gasteiger partial charge < -0.3 is 10.1 Å². The van der Waals surface area contributed by atoms with Crippen LogP contribution in [0.3, 0.4) is 0 Å². The fourth-order valence-electron chi connectivity index (χ4n) is 3.65. The number of aryl methyl sites for hydroxylation is 1. The summed E-state index contributed by atoms with van der Waals surface area (Å²) in [5, 5.41) is 5.10. The van der Waals surface area contributed by atoms with Crippen LogP contribution in [-0.4, -0.2) is 4.98 Å². The lowest BCUT2D eigenvalue weighted by atomic mass is 10.1. The summed E-state index contributed by atoms with van der Waals surface area (Å²) >= 11 is 7.94. The zero-order chi connectivity index (χ0) is 23.5. The monoisotopic (exact) mass is 488 g/mol. The van der Waals surface area contributed by atoms with E-state index in [4.69, 9.17) is 21.3 Å². The smallest absolute Gasteiger partial charge is 0.124 e. The second kappa shape index (κ2) is 9.84. The van der Waals surface area contributed by atoms with Gasteiger partial charge in [0, 0.05) is 28.4 Å². The van der Waals surface area contributed by atoms with E-state index in [2.05, 4.69) is 54.7 Å². The van der Waals surface area contributed by atoms with Crippen LogP contribution in [0.5, 0.6) is 5.75 Å². The molecule has 0 saturated carbocycles. The molecule has 0 aliphatic rings. The molecule has 0 unspecified atom stereocenters. The molecule has 6 heteroatoms. The van der Waals surface area contributed by atoms with Gasteiger partial charge in [0.25, 0.3) is 0 Å². The third-order valence-corrected chi connectivity index (χ3v) is 6.79. The number of aromatic nitrogens is 1. The molecule has 0 aliphatic heterocycles. The average Bonchev–Trinajstić information content (AvgIpc) is 3.27. The third kappa shape index (κ3) is 5.22. The quantitative estimate of drug-likeness (QED) is 0.250. The highest BCUT2D eigenvalue weighted by Crippen LogP contribution is 2.31. The Labute approximate surface area is 206 Å². The lowest BCUT2D eigenvalue weighted by Crippen LogP contribution is -2.04. The van der Waals surface area contributed by atoms with Crippen LogP contribution in [-0.2, 0) is 13.2 Å². The number of nitrogens with one attached hydrogen (secondary N) is 1. The van der Waals surface area contributed by atoms with Crippen LogP contribution in [0.1, 0.15) is 16.7 Å². The lowest BCUT2D eigenvalue weighted by Gasteiger charge is -2.14. The van der Waals surface area contributed by atoms with Gasteiger partial charge in [0.05, 0.1) is 10.2 Å². The highest BCUT2D eigenvalue weighted by atomic mass is 35.5. The van der Waals surface area contributed by atoms with Gasteiger partial charge in [0.1, 0.15) is 23.2 Å². The van der Waals surface area contributed by atoms with Crippen molar-refractivity contribution >= 4 is 38.8 Å². The molecule has 3 nitrogen and oxygen atoms in total. The van der Waals surface area contributed by atoms with Crippen molar-refractivity contribution in [3.63, 3.8) is 0 Å². The maximum atomic E-state index is 13.1. The number of rotatable bonds is 7. The van der Waals surface area contributed by atoms with E-state index in [0.29, 0.717) is 18.2 Å². The van der Waals surface area contributed by atoms with Crippen molar-refractivity contribution in [2.75, 3.05) is 5.32 Å². The molecule has 0 amide bonds. The van der Waals surface area contributed by atoms with E-state index in [1.807, 2.05) is 12.1 Å². The standard InChI is InChI=1S/C28H22ClFN2OS/c1-18-2-12-25-27(14-18)34-28(32-25)20-5-10-24(11-6-20)31-16-21-15-22(29)7-13-26(21)33-17-19-3-8-23(30)9-4-19/h2-15,31H,16-17H2,1H3. The van der Waals surface area contributed by atoms with Crippen LogP contribution in [0.4, 0.5) is 10.1 Å². The molecule has 0 saturated heterocycles. The zero-order valence-corrected chi connectivity index (χ0v) is 20.1. The minimum Gasteiger partial charge on any atom is -0.489 e. The molecule has 5 rings (SSSR count). The second-order valence-corrected chi connectivity index (χ2v) is 9.56. The minimum absolute atomic E-state index is 0.260. The van der Waals surface area contributed by atoms with Crippen molar-refractivity contribution in [3.05, 3.63) is 112 Å². The van der Waals surface area contributed by atoms with Gasteiger partial charge in [-0.25, -0.2) is 9.37 Å². The Bertz CT molecular complexity index is 1430. The fraction of sp³-hybridized carbons (Fsp3) is 0.107. The third-order valence-electron chi connectivity index (χ3n) is 5.49. The van der Waals surface area contributed by atoms with Crippen LogP contribution in [0, 0.1) is 12.7 Å². The highest BCUT2D eigenvalue weighted by molar-refractivity contribution is 7.21. The SMILES string of the molecule is Cc1ccc2nc(-c3ccc(NCc4cc(Cl)ccc4OCc4ccc(F)cc4)cc3)sc2c1. The topological polar surface area (TPSA) is 34.2 Å². The number of anilines is 1. The average molecular weight is 489 g/mol. The van der Waals surface area contributed by atoms with Crippen molar-refractivity contribution in [1.29, 1.82) is 0 Å². The number of fused-ring (bicyclic) bond motifs is 1. The maximum Gasteiger partial charge on any atom is 0.124 e. The molecule has 0 atom stereocenters. The molecule has 0 radical (unpaired) electrons. The molecule has 34 heavy (non-hydrogen) atoms. The fourth-order valence-corrected chi connectivity index (χ4v) is 4.92. The Balaban J connectivity index is 1.27.